The van der Waals surface area contributed by atoms with Gasteiger partial charge >= 0.3 is 0 Å². The maximum absolute atomic E-state index is 8.84. The fourth-order valence-electron chi connectivity index (χ4n) is 2.89. The van der Waals surface area contributed by atoms with Gasteiger partial charge in [-0.25, -0.2) is 0 Å². The highest BCUT2D eigenvalue weighted by Crippen LogP contribution is 2.21. The van der Waals surface area contributed by atoms with Gasteiger partial charge in [0.05, 0.1) is 17.7 Å². The fourth-order valence-corrected chi connectivity index (χ4v) is 2.89. The van der Waals surface area contributed by atoms with E-state index in [0.717, 1.165) is 32.7 Å². The van der Waals surface area contributed by atoms with Crippen LogP contribution in [0.25, 0.3) is 0 Å². The molecule has 3 rings (SSSR count). The van der Waals surface area contributed by atoms with E-state index in [1.807, 2.05) is 31.2 Å². The minimum absolute atomic E-state index is 0.160. The molecule has 1 fully saturated rings. The predicted octanol–water partition coefficient (Wildman–Crippen LogP) is 2.13. The third-order valence-corrected chi connectivity index (χ3v) is 4.34. The molecule has 0 saturated carbocycles. The number of rotatable bonds is 4. The van der Waals surface area contributed by atoms with Crippen LogP contribution in [0.3, 0.4) is 0 Å². The molecule has 1 aromatic carbocycles. The van der Waals surface area contributed by atoms with Crippen molar-refractivity contribution in [2.45, 2.75) is 26.4 Å². The third kappa shape index (κ3) is 3.76. The van der Waals surface area contributed by atoms with Gasteiger partial charge in [-0.15, -0.1) is 10.2 Å². The number of aryl methyl sites for hydroxylation is 1. The average Bonchev–Trinajstić information content (AvgIpc) is 3.02. The van der Waals surface area contributed by atoms with Crippen molar-refractivity contribution in [1.29, 1.82) is 5.26 Å². The molecule has 1 aromatic heterocycles. The van der Waals surface area contributed by atoms with Crippen molar-refractivity contribution in [3.05, 3.63) is 47.2 Å². The molecule has 6 heteroatoms. The lowest BCUT2D eigenvalue weighted by Crippen LogP contribution is -2.46. The topological polar surface area (TPSA) is 69.2 Å². The number of benzene rings is 1. The highest BCUT2D eigenvalue weighted by atomic mass is 16.4. The SMILES string of the molecule is Cc1nnc([C@H](C)N2CCN(Cc3ccc(C#N)cc3)CC2)o1. The molecule has 0 unspecified atom stereocenters. The zero-order valence-corrected chi connectivity index (χ0v) is 13.6. The Morgan fingerprint density at radius 2 is 1.87 bits per heavy atom. The van der Waals surface area contributed by atoms with Crippen molar-refractivity contribution in [3.8, 4) is 6.07 Å². The molecular weight excluding hydrogens is 290 g/mol. The van der Waals surface area contributed by atoms with E-state index in [9.17, 15) is 0 Å². The summed E-state index contributed by atoms with van der Waals surface area (Å²) in [7, 11) is 0. The van der Waals surface area contributed by atoms with Gasteiger partial charge in [-0.05, 0) is 24.6 Å². The van der Waals surface area contributed by atoms with Gasteiger partial charge in [0.1, 0.15) is 0 Å². The molecule has 0 spiro atoms. The van der Waals surface area contributed by atoms with Gasteiger partial charge in [0.15, 0.2) is 0 Å². The molecule has 6 nitrogen and oxygen atoms in total. The van der Waals surface area contributed by atoms with E-state index in [2.05, 4.69) is 33.0 Å². The van der Waals surface area contributed by atoms with Crippen molar-refractivity contribution in [2.75, 3.05) is 26.2 Å². The first-order valence-corrected chi connectivity index (χ1v) is 7.91. The molecule has 0 amide bonds. The molecule has 23 heavy (non-hydrogen) atoms. The van der Waals surface area contributed by atoms with Crippen LogP contribution in [0.5, 0.6) is 0 Å². The van der Waals surface area contributed by atoms with Crippen molar-refractivity contribution in [3.63, 3.8) is 0 Å². The Labute approximate surface area is 136 Å². The van der Waals surface area contributed by atoms with Crippen LogP contribution in [-0.4, -0.2) is 46.2 Å². The average molecular weight is 311 g/mol. The summed E-state index contributed by atoms with van der Waals surface area (Å²) in [6.07, 6.45) is 0. The zero-order valence-electron chi connectivity index (χ0n) is 13.6. The number of nitriles is 1. The minimum atomic E-state index is 0.160. The summed E-state index contributed by atoms with van der Waals surface area (Å²) in [5.41, 5.74) is 1.96. The number of aromatic nitrogens is 2. The Balaban J connectivity index is 1.52. The van der Waals surface area contributed by atoms with Gasteiger partial charge in [-0.2, -0.15) is 5.26 Å². The molecule has 0 radical (unpaired) electrons. The Morgan fingerprint density at radius 3 is 2.43 bits per heavy atom. The number of hydrogen-bond donors (Lipinski definition) is 0. The van der Waals surface area contributed by atoms with E-state index in [-0.39, 0.29) is 6.04 Å². The Morgan fingerprint density at radius 1 is 1.17 bits per heavy atom. The smallest absolute Gasteiger partial charge is 0.233 e. The van der Waals surface area contributed by atoms with E-state index in [1.54, 1.807) is 0 Å². The monoisotopic (exact) mass is 311 g/mol. The van der Waals surface area contributed by atoms with Gasteiger partial charge < -0.3 is 4.42 Å². The molecule has 1 aliphatic heterocycles. The zero-order chi connectivity index (χ0) is 16.2. The quantitative estimate of drug-likeness (QED) is 0.861. The lowest BCUT2D eigenvalue weighted by Gasteiger charge is -2.36. The van der Waals surface area contributed by atoms with E-state index in [0.29, 0.717) is 17.3 Å². The summed E-state index contributed by atoms with van der Waals surface area (Å²) in [4.78, 5) is 4.81. The second-order valence-electron chi connectivity index (χ2n) is 5.96. The molecular formula is C17H21N5O. The molecule has 1 saturated heterocycles. The second kappa shape index (κ2) is 6.90. The Hall–Kier alpha value is -2.23. The van der Waals surface area contributed by atoms with Crippen LogP contribution in [0.15, 0.2) is 28.7 Å². The molecule has 1 atom stereocenters. The number of nitrogens with zero attached hydrogens (tertiary/aromatic N) is 5. The summed E-state index contributed by atoms with van der Waals surface area (Å²) in [5, 5.41) is 16.9. The number of hydrogen-bond acceptors (Lipinski definition) is 6. The number of piperazine rings is 1. The summed E-state index contributed by atoms with van der Waals surface area (Å²) < 4.78 is 5.54. The molecule has 0 bridgehead atoms. The van der Waals surface area contributed by atoms with Crippen LogP contribution in [0.1, 0.15) is 35.9 Å². The van der Waals surface area contributed by atoms with Crippen molar-refractivity contribution in [2.24, 2.45) is 0 Å². The van der Waals surface area contributed by atoms with Gasteiger partial charge in [0.2, 0.25) is 11.8 Å². The van der Waals surface area contributed by atoms with Crippen molar-refractivity contribution < 1.29 is 4.42 Å². The van der Waals surface area contributed by atoms with Crippen LogP contribution >= 0.6 is 0 Å². The van der Waals surface area contributed by atoms with Crippen LogP contribution in [0, 0.1) is 18.3 Å². The van der Waals surface area contributed by atoms with Crippen molar-refractivity contribution >= 4 is 0 Å². The molecule has 0 aliphatic carbocycles. The van der Waals surface area contributed by atoms with E-state index in [1.165, 1.54) is 5.56 Å². The Bertz CT molecular complexity index is 680. The lowest BCUT2D eigenvalue weighted by molar-refractivity contribution is 0.0870. The van der Waals surface area contributed by atoms with Crippen LogP contribution in [0.2, 0.25) is 0 Å². The largest absolute Gasteiger partial charge is 0.424 e. The first kappa shape index (κ1) is 15.7. The highest BCUT2D eigenvalue weighted by Gasteiger charge is 2.25. The summed E-state index contributed by atoms with van der Waals surface area (Å²) in [6.45, 7) is 8.85. The second-order valence-corrected chi connectivity index (χ2v) is 5.96. The van der Waals surface area contributed by atoms with E-state index in [4.69, 9.17) is 9.68 Å². The Kier molecular flexibility index (Phi) is 4.70. The first-order chi connectivity index (χ1) is 11.2. The van der Waals surface area contributed by atoms with Crippen LogP contribution in [-0.2, 0) is 6.54 Å². The van der Waals surface area contributed by atoms with Gasteiger partial charge in [-0.3, -0.25) is 9.80 Å². The summed E-state index contributed by atoms with van der Waals surface area (Å²) in [5.74, 6) is 1.31. The molecule has 2 aromatic rings. The normalized spacial score (nSPS) is 17.8. The standard InChI is InChI=1S/C17H21N5O/c1-13(17-20-19-14(2)23-17)22-9-7-21(8-10-22)12-16-5-3-15(11-18)4-6-16/h3-6,13H,7-10,12H2,1-2H3/t13-/m0/s1. The minimum Gasteiger partial charge on any atom is -0.424 e. The van der Waals surface area contributed by atoms with E-state index < -0.39 is 0 Å². The summed E-state index contributed by atoms with van der Waals surface area (Å²) >= 11 is 0. The molecule has 120 valence electrons. The maximum Gasteiger partial charge on any atom is 0.233 e. The van der Waals surface area contributed by atoms with Gasteiger partial charge in [0.25, 0.3) is 0 Å². The van der Waals surface area contributed by atoms with Crippen LogP contribution in [0.4, 0.5) is 0 Å². The maximum atomic E-state index is 8.84. The third-order valence-electron chi connectivity index (χ3n) is 4.34. The van der Waals surface area contributed by atoms with Crippen molar-refractivity contribution in [1.82, 2.24) is 20.0 Å². The van der Waals surface area contributed by atoms with Gasteiger partial charge in [0, 0.05) is 39.6 Å². The predicted molar refractivity (Wildman–Crippen MR) is 85.5 cm³/mol. The summed E-state index contributed by atoms with van der Waals surface area (Å²) in [6, 6.07) is 10.1. The molecule has 1 aliphatic rings. The lowest BCUT2D eigenvalue weighted by atomic mass is 10.1. The molecule has 0 N–H and O–H groups in total. The molecule has 2 heterocycles. The van der Waals surface area contributed by atoms with Crippen LogP contribution < -0.4 is 0 Å². The highest BCUT2D eigenvalue weighted by molar-refractivity contribution is 5.31. The van der Waals surface area contributed by atoms with E-state index >= 15 is 0 Å². The first-order valence-electron chi connectivity index (χ1n) is 7.91. The fraction of sp³-hybridized carbons (Fsp3) is 0.471. The van der Waals surface area contributed by atoms with Gasteiger partial charge in [-0.1, -0.05) is 12.1 Å².